The molecule has 2 aromatic carbocycles. The van der Waals surface area contributed by atoms with Crippen LogP contribution in [0.1, 0.15) is 38.2 Å². The molecule has 1 aliphatic rings. The molecular formula is C20H20ClFN2O2. The largest absolute Gasteiger partial charge is 0.326 e. The molecule has 0 radical (unpaired) electrons. The molecule has 2 aromatic rings. The SMILES string of the molecule is CC(=O)Nc1ccc(F)c(NC(=O)C2(c3ccc(Cl)cc3)CCCC2)c1. The van der Waals surface area contributed by atoms with Crippen LogP contribution in [0.3, 0.4) is 0 Å². The summed E-state index contributed by atoms with van der Waals surface area (Å²) in [7, 11) is 0. The van der Waals surface area contributed by atoms with Crippen molar-refractivity contribution >= 4 is 34.8 Å². The molecule has 0 bridgehead atoms. The van der Waals surface area contributed by atoms with Crippen molar-refractivity contribution in [2.75, 3.05) is 10.6 Å². The van der Waals surface area contributed by atoms with Gasteiger partial charge in [0.25, 0.3) is 0 Å². The van der Waals surface area contributed by atoms with Gasteiger partial charge in [-0.05, 0) is 48.7 Å². The Balaban J connectivity index is 1.90. The Morgan fingerprint density at radius 3 is 2.31 bits per heavy atom. The van der Waals surface area contributed by atoms with E-state index in [1.165, 1.54) is 25.1 Å². The molecule has 1 saturated carbocycles. The lowest BCUT2D eigenvalue weighted by Crippen LogP contribution is -2.38. The van der Waals surface area contributed by atoms with E-state index in [2.05, 4.69) is 10.6 Å². The summed E-state index contributed by atoms with van der Waals surface area (Å²) in [6.07, 6.45) is 3.27. The minimum Gasteiger partial charge on any atom is -0.326 e. The van der Waals surface area contributed by atoms with E-state index in [-0.39, 0.29) is 17.5 Å². The topological polar surface area (TPSA) is 58.2 Å². The van der Waals surface area contributed by atoms with E-state index in [9.17, 15) is 14.0 Å². The van der Waals surface area contributed by atoms with Crippen LogP contribution in [0.2, 0.25) is 5.02 Å². The van der Waals surface area contributed by atoms with E-state index in [1.807, 2.05) is 12.1 Å². The van der Waals surface area contributed by atoms with Crippen molar-refractivity contribution < 1.29 is 14.0 Å². The van der Waals surface area contributed by atoms with Gasteiger partial charge in [-0.25, -0.2) is 4.39 Å². The maximum Gasteiger partial charge on any atom is 0.235 e. The second-order valence-electron chi connectivity index (χ2n) is 6.63. The lowest BCUT2D eigenvalue weighted by atomic mass is 9.78. The number of carbonyl (C=O) groups excluding carboxylic acids is 2. The van der Waals surface area contributed by atoms with Crippen LogP contribution in [0, 0.1) is 5.82 Å². The Labute approximate surface area is 156 Å². The Morgan fingerprint density at radius 1 is 1.04 bits per heavy atom. The third kappa shape index (κ3) is 3.73. The van der Waals surface area contributed by atoms with Crippen LogP contribution < -0.4 is 10.6 Å². The summed E-state index contributed by atoms with van der Waals surface area (Å²) in [5.41, 5.74) is 0.680. The van der Waals surface area contributed by atoms with Crippen molar-refractivity contribution in [1.29, 1.82) is 0 Å². The lowest BCUT2D eigenvalue weighted by molar-refractivity contribution is -0.121. The summed E-state index contributed by atoms with van der Waals surface area (Å²) in [6.45, 7) is 1.37. The average Bonchev–Trinajstić information content (AvgIpc) is 3.09. The van der Waals surface area contributed by atoms with Crippen LogP contribution in [-0.4, -0.2) is 11.8 Å². The smallest absolute Gasteiger partial charge is 0.235 e. The Kier molecular flexibility index (Phi) is 5.28. The Hall–Kier alpha value is -2.40. The van der Waals surface area contributed by atoms with E-state index in [0.717, 1.165) is 18.4 Å². The van der Waals surface area contributed by atoms with Gasteiger partial charge >= 0.3 is 0 Å². The highest BCUT2D eigenvalue weighted by atomic mass is 35.5. The van der Waals surface area contributed by atoms with E-state index < -0.39 is 11.2 Å². The van der Waals surface area contributed by atoms with E-state index in [4.69, 9.17) is 11.6 Å². The highest BCUT2D eigenvalue weighted by Gasteiger charge is 2.42. The number of anilines is 2. The summed E-state index contributed by atoms with van der Waals surface area (Å²) < 4.78 is 14.2. The molecule has 6 heteroatoms. The van der Waals surface area contributed by atoms with Gasteiger partial charge in [-0.1, -0.05) is 36.6 Å². The number of halogens is 2. The van der Waals surface area contributed by atoms with Crippen LogP contribution in [0.4, 0.5) is 15.8 Å². The van der Waals surface area contributed by atoms with Gasteiger partial charge in [0, 0.05) is 17.6 Å². The van der Waals surface area contributed by atoms with Gasteiger partial charge in [-0.3, -0.25) is 9.59 Å². The molecule has 2 N–H and O–H groups in total. The van der Waals surface area contributed by atoms with Crippen molar-refractivity contribution in [3.63, 3.8) is 0 Å². The fourth-order valence-electron chi connectivity index (χ4n) is 3.54. The molecule has 0 atom stereocenters. The molecule has 0 saturated heterocycles. The van der Waals surface area contributed by atoms with E-state index >= 15 is 0 Å². The zero-order valence-electron chi connectivity index (χ0n) is 14.4. The first-order valence-electron chi connectivity index (χ1n) is 8.55. The van der Waals surface area contributed by atoms with Crippen molar-refractivity contribution in [3.8, 4) is 0 Å². The summed E-state index contributed by atoms with van der Waals surface area (Å²) in [5.74, 6) is -1.05. The Bertz CT molecular complexity index is 830. The molecule has 0 unspecified atom stereocenters. The van der Waals surface area contributed by atoms with Gasteiger partial charge in [-0.15, -0.1) is 0 Å². The fourth-order valence-corrected chi connectivity index (χ4v) is 3.66. The van der Waals surface area contributed by atoms with Crippen molar-refractivity contribution in [1.82, 2.24) is 0 Å². The van der Waals surface area contributed by atoms with Crippen LogP contribution >= 0.6 is 11.6 Å². The number of hydrogen-bond acceptors (Lipinski definition) is 2. The van der Waals surface area contributed by atoms with Gasteiger partial charge < -0.3 is 10.6 Å². The van der Waals surface area contributed by atoms with Crippen LogP contribution in [0.15, 0.2) is 42.5 Å². The monoisotopic (exact) mass is 374 g/mol. The number of carbonyl (C=O) groups is 2. The van der Waals surface area contributed by atoms with Crippen LogP contribution in [0.5, 0.6) is 0 Å². The number of amides is 2. The predicted molar refractivity (Wildman–Crippen MR) is 101 cm³/mol. The number of benzene rings is 2. The zero-order valence-corrected chi connectivity index (χ0v) is 15.2. The fraction of sp³-hybridized carbons (Fsp3) is 0.300. The molecule has 26 heavy (non-hydrogen) atoms. The first kappa shape index (κ1) is 18.4. The Morgan fingerprint density at radius 2 is 1.69 bits per heavy atom. The molecule has 0 aromatic heterocycles. The van der Waals surface area contributed by atoms with Gasteiger partial charge in [0.2, 0.25) is 11.8 Å². The maximum atomic E-state index is 14.2. The number of nitrogens with one attached hydrogen (secondary N) is 2. The summed E-state index contributed by atoms with van der Waals surface area (Å²) >= 11 is 5.97. The molecule has 136 valence electrons. The molecular weight excluding hydrogens is 355 g/mol. The second kappa shape index (κ2) is 7.46. The van der Waals surface area contributed by atoms with Crippen LogP contribution in [0.25, 0.3) is 0 Å². The van der Waals surface area contributed by atoms with E-state index in [0.29, 0.717) is 23.6 Å². The van der Waals surface area contributed by atoms with Crippen LogP contribution in [-0.2, 0) is 15.0 Å². The first-order chi connectivity index (χ1) is 12.4. The quantitative estimate of drug-likeness (QED) is 0.800. The predicted octanol–water partition coefficient (Wildman–Crippen LogP) is 4.89. The number of hydrogen-bond donors (Lipinski definition) is 2. The van der Waals surface area contributed by atoms with Gasteiger partial charge in [0.1, 0.15) is 5.82 Å². The minimum absolute atomic E-state index is 0.0569. The van der Waals surface area contributed by atoms with Gasteiger partial charge in [-0.2, -0.15) is 0 Å². The molecule has 0 aliphatic heterocycles. The minimum atomic E-state index is -0.693. The normalized spacial score (nSPS) is 15.5. The third-order valence-electron chi connectivity index (χ3n) is 4.82. The highest BCUT2D eigenvalue weighted by molar-refractivity contribution is 6.30. The summed E-state index contributed by atoms with van der Waals surface area (Å²) in [6, 6.07) is 11.4. The third-order valence-corrected chi connectivity index (χ3v) is 5.08. The first-order valence-corrected chi connectivity index (χ1v) is 8.93. The lowest BCUT2D eigenvalue weighted by Gasteiger charge is -2.28. The average molecular weight is 375 g/mol. The molecule has 0 heterocycles. The molecule has 1 fully saturated rings. The molecule has 4 nitrogen and oxygen atoms in total. The van der Waals surface area contributed by atoms with Gasteiger partial charge in [0.15, 0.2) is 0 Å². The van der Waals surface area contributed by atoms with Crippen molar-refractivity contribution in [2.45, 2.75) is 38.0 Å². The van der Waals surface area contributed by atoms with E-state index in [1.54, 1.807) is 12.1 Å². The molecule has 1 aliphatic carbocycles. The van der Waals surface area contributed by atoms with Crippen molar-refractivity contribution in [3.05, 3.63) is 58.9 Å². The second-order valence-corrected chi connectivity index (χ2v) is 7.06. The summed E-state index contributed by atoms with van der Waals surface area (Å²) in [5, 5.41) is 5.92. The van der Waals surface area contributed by atoms with Gasteiger partial charge in [0.05, 0.1) is 11.1 Å². The summed E-state index contributed by atoms with van der Waals surface area (Å²) in [4.78, 5) is 24.3. The standard InChI is InChI=1S/C20H20ClFN2O2/c1-13(25)23-16-8-9-17(22)18(12-16)24-19(26)20(10-2-3-11-20)14-4-6-15(21)7-5-14/h4-9,12H,2-3,10-11H2,1H3,(H,23,25)(H,24,26). The molecule has 0 spiro atoms. The maximum absolute atomic E-state index is 14.2. The molecule has 2 amide bonds. The van der Waals surface area contributed by atoms with Crippen molar-refractivity contribution in [2.24, 2.45) is 0 Å². The molecule has 3 rings (SSSR count). The zero-order chi connectivity index (χ0) is 18.7. The number of rotatable bonds is 4. The highest BCUT2D eigenvalue weighted by Crippen LogP contribution is 2.42.